The number of nitriles is 1. The minimum atomic E-state index is -3.78. The van der Waals surface area contributed by atoms with Crippen molar-refractivity contribution in [3.05, 3.63) is 53.9 Å². The summed E-state index contributed by atoms with van der Waals surface area (Å²) in [4.78, 5) is 14.8. The van der Waals surface area contributed by atoms with Gasteiger partial charge in [0.25, 0.3) is 10.0 Å². The topological polar surface area (TPSA) is 99.9 Å². The molecule has 2 rings (SSSR count). The second kappa shape index (κ2) is 5.73. The van der Waals surface area contributed by atoms with Crippen LogP contribution in [0.1, 0.15) is 23.0 Å². The Bertz CT molecular complexity index is 804. The monoisotopic (exact) mass is 301 g/mol. The lowest BCUT2D eigenvalue weighted by atomic mass is 10.1. The zero-order valence-electron chi connectivity index (χ0n) is 11.1. The van der Waals surface area contributed by atoms with Gasteiger partial charge in [-0.2, -0.15) is 5.26 Å². The van der Waals surface area contributed by atoms with Crippen molar-refractivity contribution in [2.45, 2.75) is 11.8 Å². The van der Waals surface area contributed by atoms with Crippen LogP contribution in [-0.2, 0) is 10.0 Å². The third-order valence-electron chi connectivity index (χ3n) is 2.70. The second-order valence-corrected chi connectivity index (χ2v) is 5.91. The highest BCUT2D eigenvalue weighted by Crippen LogP contribution is 2.16. The Hall–Kier alpha value is -2.72. The van der Waals surface area contributed by atoms with Crippen molar-refractivity contribution in [1.29, 1.82) is 5.26 Å². The zero-order valence-corrected chi connectivity index (χ0v) is 11.9. The highest BCUT2D eigenvalue weighted by Gasteiger charge is 2.14. The molecule has 0 saturated carbocycles. The number of aromatic nitrogens is 1. The fraction of sp³-hybridized carbons (Fsp3) is 0.0714. The van der Waals surface area contributed by atoms with E-state index in [4.69, 9.17) is 5.26 Å². The van der Waals surface area contributed by atoms with E-state index in [0.29, 0.717) is 11.3 Å². The summed E-state index contributed by atoms with van der Waals surface area (Å²) in [6.45, 7) is 1.43. The Morgan fingerprint density at radius 1 is 1.19 bits per heavy atom. The molecule has 1 aromatic heterocycles. The molecule has 0 amide bonds. The Kier molecular flexibility index (Phi) is 4.00. The van der Waals surface area contributed by atoms with Gasteiger partial charge in [0.2, 0.25) is 0 Å². The summed E-state index contributed by atoms with van der Waals surface area (Å²) in [5, 5.41) is 8.63. The highest BCUT2D eigenvalue weighted by atomic mass is 32.2. The second-order valence-electron chi connectivity index (χ2n) is 4.23. The van der Waals surface area contributed by atoms with Crippen LogP contribution in [-0.4, -0.2) is 19.2 Å². The first kappa shape index (κ1) is 14.7. The van der Waals surface area contributed by atoms with Crippen LogP contribution in [0.3, 0.4) is 0 Å². The molecule has 0 bridgehead atoms. The predicted octanol–water partition coefficient (Wildman–Crippen LogP) is 1.96. The van der Waals surface area contributed by atoms with E-state index in [9.17, 15) is 13.2 Å². The van der Waals surface area contributed by atoms with Crippen LogP contribution in [0.4, 0.5) is 5.69 Å². The van der Waals surface area contributed by atoms with Crippen LogP contribution in [0.25, 0.3) is 0 Å². The molecular formula is C14H11N3O3S. The molecule has 0 radical (unpaired) electrons. The van der Waals surface area contributed by atoms with Crippen molar-refractivity contribution in [3.8, 4) is 6.07 Å². The number of nitrogens with one attached hydrogen (secondary N) is 1. The zero-order chi connectivity index (χ0) is 15.5. The van der Waals surface area contributed by atoms with Crippen LogP contribution >= 0.6 is 0 Å². The molecule has 0 fully saturated rings. The molecule has 0 aliphatic rings. The number of nitrogens with zero attached hydrogens (tertiary/aromatic N) is 2. The van der Waals surface area contributed by atoms with Gasteiger partial charge in [-0.05, 0) is 43.3 Å². The molecule has 21 heavy (non-hydrogen) atoms. The van der Waals surface area contributed by atoms with Gasteiger partial charge in [-0.3, -0.25) is 9.52 Å². The summed E-state index contributed by atoms with van der Waals surface area (Å²) in [5.41, 5.74) is 0.974. The number of rotatable bonds is 4. The molecule has 0 aliphatic carbocycles. The molecule has 0 spiro atoms. The summed E-state index contributed by atoms with van der Waals surface area (Å²) < 4.78 is 26.6. The lowest BCUT2D eigenvalue weighted by molar-refractivity contribution is 0.101. The number of pyridine rings is 1. The molecule has 7 heteroatoms. The maximum Gasteiger partial charge on any atom is 0.263 e. The summed E-state index contributed by atoms with van der Waals surface area (Å²) >= 11 is 0. The maximum atomic E-state index is 12.1. The molecule has 2 aromatic rings. The van der Waals surface area contributed by atoms with Gasteiger partial charge in [0.15, 0.2) is 5.78 Å². The molecular weight excluding hydrogens is 290 g/mol. The lowest BCUT2D eigenvalue weighted by Crippen LogP contribution is -2.13. The van der Waals surface area contributed by atoms with Gasteiger partial charge in [0.05, 0.1) is 0 Å². The van der Waals surface area contributed by atoms with E-state index in [2.05, 4.69) is 9.71 Å². The van der Waals surface area contributed by atoms with Crippen molar-refractivity contribution >= 4 is 21.5 Å². The van der Waals surface area contributed by atoms with Crippen molar-refractivity contribution in [1.82, 2.24) is 4.98 Å². The number of anilines is 1. The molecule has 1 heterocycles. The number of hydrogen-bond acceptors (Lipinski definition) is 5. The number of carbonyl (C=O) groups is 1. The number of ketones is 1. The van der Waals surface area contributed by atoms with E-state index in [1.54, 1.807) is 0 Å². The van der Waals surface area contributed by atoms with E-state index >= 15 is 0 Å². The Labute approximate surface area is 122 Å². The number of benzene rings is 1. The third kappa shape index (κ3) is 3.43. The Balaban J connectivity index is 2.24. The molecule has 0 aliphatic heterocycles. The fourth-order valence-electron chi connectivity index (χ4n) is 1.59. The minimum Gasteiger partial charge on any atom is -0.295 e. The first-order chi connectivity index (χ1) is 9.92. The molecule has 0 unspecified atom stereocenters. The minimum absolute atomic E-state index is 0.0443. The van der Waals surface area contributed by atoms with E-state index in [0.717, 1.165) is 6.20 Å². The van der Waals surface area contributed by atoms with Gasteiger partial charge in [-0.25, -0.2) is 13.4 Å². The molecule has 0 saturated heterocycles. The van der Waals surface area contributed by atoms with Crippen LogP contribution in [0.2, 0.25) is 0 Å². The third-order valence-corrected chi connectivity index (χ3v) is 4.07. The lowest BCUT2D eigenvalue weighted by Gasteiger charge is -2.08. The van der Waals surface area contributed by atoms with Gasteiger partial charge < -0.3 is 0 Å². The molecule has 106 valence electrons. The van der Waals surface area contributed by atoms with E-state index in [1.807, 2.05) is 6.07 Å². The molecule has 1 aromatic carbocycles. The number of carbonyl (C=O) groups excluding carboxylic acids is 1. The summed E-state index contributed by atoms with van der Waals surface area (Å²) in [6, 6.07) is 10.5. The van der Waals surface area contributed by atoms with E-state index in [1.165, 1.54) is 43.3 Å². The number of hydrogen-bond donors (Lipinski definition) is 1. The molecule has 0 atom stereocenters. The van der Waals surface area contributed by atoms with Crippen molar-refractivity contribution in [2.24, 2.45) is 0 Å². The highest BCUT2D eigenvalue weighted by molar-refractivity contribution is 7.92. The summed E-state index contributed by atoms with van der Waals surface area (Å²) in [5.74, 6) is -0.0966. The van der Waals surface area contributed by atoms with Gasteiger partial charge in [0, 0.05) is 17.4 Å². The Morgan fingerprint density at radius 3 is 2.33 bits per heavy atom. The summed E-state index contributed by atoms with van der Waals surface area (Å²) in [7, 11) is -3.78. The first-order valence-electron chi connectivity index (χ1n) is 5.92. The summed E-state index contributed by atoms with van der Waals surface area (Å²) in [6.07, 6.45) is 1.12. The largest absolute Gasteiger partial charge is 0.295 e. The van der Waals surface area contributed by atoms with Crippen molar-refractivity contribution in [3.63, 3.8) is 0 Å². The number of Topliss-reactive ketones (excluding diaryl/α,β-unsaturated/α-hetero) is 1. The van der Waals surface area contributed by atoms with Gasteiger partial charge in [0.1, 0.15) is 16.7 Å². The molecule has 1 N–H and O–H groups in total. The van der Waals surface area contributed by atoms with Gasteiger partial charge in [-0.15, -0.1) is 0 Å². The van der Waals surface area contributed by atoms with E-state index in [-0.39, 0.29) is 16.4 Å². The predicted molar refractivity (Wildman–Crippen MR) is 76.2 cm³/mol. The van der Waals surface area contributed by atoms with Gasteiger partial charge >= 0.3 is 0 Å². The molecule has 6 nitrogen and oxygen atoms in total. The van der Waals surface area contributed by atoms with Crippen molar-refractivity contribution < 1.29 is 13.2 Å². The SMILES string of the molecule is CC(=O)c1ccc(NS(=O)(=O)c2ccc(C#N)nc2)cc1. The fourth-order valence-corrected chi connectivity index (χ4v) is 2.60. The average molecular weight is 301 g/mol. The van der Waals surface area contributed by atoms with Crippen LogP contribution in [0.5, 0.6) is 0 Å². The van der Waals surface area contributed by atoms with Crippen LogP contribution in [0.15, 0.2) is 47.5 Å². The maximum absolute atomic E-state index is 12.1. The Morgan fingerprint density at radius 2 is 1.86 bits per heavy atom. The van der Waals surface area contributed by atoms with Crippen LogP contribution < -0.4 is 4.72 Å². The van der Waals surface area contributed by atoms with Gasteiger partial charge in [-0.1, -0.05) is 0 Å². The quantitative estimate of drug-likeness (QED) is 0.870. The first-order valence-corrected chi connectivity index (χ1v) is 7.41. The van der Waals surface area contributed by atoms with Crippen LogP contribution in [0, 0.1) is 11.3 Å². The van der Waals surface area contributed by atoms with Crippen molar-refractivity contribution in [2.75, 3.05) is 4.72 Å². The smallest absolute Gasteiger partial charge is 0.263 e. The average Bonchev–Trinajstić information content (AvgIpc) is 2.47. The normalized spacial score (nSPS) is 10.7. The van der Waals surface area contributed by atoms with E-state index < -0.39 is 10.0 Å². The standard InChI is InChI=1S/C14H11N3O3S/c1-10(18)11-2-4-12(5-3-11)17-21(19,20)14-7-6-13(8-15)16-9-14/h2-7,9,17H,1H3. The number of sulfonamides is 1.